The van der Waals surface area contributed by atoms with Gasteiger partial charge in [0.1, 0.15) is 10.8 Å². The Morgan fingerprint density at radius 3 is 2.61 bits per heavy atom. The molecule has 1 heterocycles. The first kappa shape index (κ1) is 21.5. The zero-order valence-electron chi connectivity index (χ0n) is 16.7. The Balaban J connectivity index is 1.52. The standard InChI is InChI=1S/C23H20F4N2OS/c1-14(15-4-2-6-17(10-15)23(25,26)27)29(20-8-9-20)21(30)12-19-13-31-22(28-19)16-5-3-7-18(24)11-16/h2-7,10-11,13-14,20H,8-9,12H2,1H3. The van der Waals surface area contributed by atoms with Crippen molar-refractivity contribution in [3.63, 3.8) is 0 Å². The highest BCUT2D eigenvalue weighted by atomic mass is 32.1. The fourth-order valence-corrected chi connectivity index (χ4v) is 4.43. The number of hydrogen-bond donors (Lipinski definition) is 0. The van der Waals surface area contributed by atoms with Crippen LogP contribution in [0.15, 0.2) is 53.9 Å². The Morgan fingerprint density at radius 2 is 1.94 bits per heavy atom. The lowest BCUT2D eigenvalue weighted by molar-refractivity contribution is -0.137. The van der Waals surface area contributed by atoms with E-state index in [0.29, 0.717) is 21.8 Å². The molecule has 1 aliphatic rings. The van der Waals surface area contributed by atoms with Crippen LogP contribution in [-0.2, 0) is 17.4 Å². The summed E-state index contributed by atoms with van der Waals surface area (Å²) in [5.41, 5.74) is 0.935. The summed E-state index contributed by atoms with van der Waals surface area (Å²) < 4.78 is 52.8. The van der Waals surface area contributed by atoms with Crippen LogP contribution >= 0.6 is 11.3 Å². The van der Waals surface area contributed by atoms with Crippen LogP contribution in [-0.4, -0.2) is 21.8 Å². The summed E-state index contributed by atoms with van der Waals surface area (Å²) in [6, 6.07) is 10.8. The van der Waals surface area contributed by atoms with Crippen molar-refractivity contribution in [2.24, 2.45) is 0 Å². The summed E-state index contributed by atoms with van der Waals surface area (Å²) in [5.74, 6) is -0.538. The molecule has 3 aromatic rings. The van der Waals surface area contributed by atoms with E-state index in [9.17, 15) is 22.4 Å². The number of rotatable bonds is 6. The monoisotopic (exact) mass is 448 g/mol. The fraction of sp³-hybridized carbons (Fsp3) is 0.304. The third-order valence-corrected chi connectivity index (χ3v) is 6.24. The van der Waals surface area contributed by atoms with E-state index in [0.717, 1.165) is 25.0 Å². The molecule has 1 aromatic heterocycles. The van der Waals surface area contributed by atoms with E-state index in [2.05, 4.69) is 4.98 Å². The maximum Gasteiger partial charge on any atom is 0.416 e. The molecule has 0 radical (unpaired) electrons. The van der Waals surface area contributed by atoms with Crippen molar-refractivity contribution in [3.05, 3.63) is 76.5 Å². The van der Waals surface area contributed by atoms with Gasteiger partial charge in [-0.2, -0.15) is 13.2 Å². The molecule has 1 unspecified atom stereocenters. The molecular weight excluding hydrogens is 428 g/mol. The van der Waals surface area contributed by atoms with Crippen LogP contribution < -0.4 is 0 Å². The van der Waals surface area contributed by atoms with Gasteiger partial charge in [-0.1, -0.05) is 24.3 Å². The largest absolute Gasteiger partial charge is 0.416 e. The van der Waals surface area contributed by atoms with Crippen LogP contribution in [0.25, 0.3) is 10.6 Å². The molecule has 1 saturated carbocycles. The molecule has 3 nitrogen and oxygen atoms in total. The Kier molecular flexibility index (Phi) is 5.83. The molecular formula is C23H20F4N2OS. The zero-order chi connectivity index (χ0) is 22.2. The van der Waals surface area contributed by atoms with Crippen molar-refractivity contribution in [2.75, 3.05) is 0 Å². The van der Waals surface area contributed by atoms with Gasteiger partial charge in [0.15, 0.2) is 0 Å². The maximum atomic E-state index is 13.5. The molecule has 31 heavy (non-hydrogen) atoms. The Morgan fingerprint density at radius 1 is 1.19 bits per heavy atom. The van der Waals surface area contributed by atoms with Gasteiger partial charge in [-0.05, 0) is 49.6 Å². The Hall–Kier alpha value is -2.74. The average molecular weight is 448 g/mol. The molecule has 0 N–H and O–H groups in total. The number of alkyl halides is 3. The van der Waals surface area contributed by atoms with Crippen LogP contribution in [0.3, 0.4) is 0 Å². The number of aromatic nitrogens is 1. The second kappa shape index (κ2) is 8.42. The SMILES string of the molecule is CC(c1cccc(C(F)(F)F)c1)N(C(=O)Cc1csc(-c2cccc(F)c2)n1)C1CC1. The number of carbonyl (C=O) groups is 1. The summed E-state index contributed by atoms with van der Waals surface area (Å²) in [4.78, 5) is 19.2. The van der Waals surface area contributed by atoms with Crippen molar-refractivity contribution in [1.29, 1.82) is 0 Å². The predicted molar refractivity (Wildman–Crippen MR) is 111 cm³/mol. The van der Waals surface area contributed by atoms with Crippen LogP contribution in [0.2, 0.25) is 0 Å². The molecule has 8 heteroatoms. The molecule has 1 amide bonds. The first-order chi connectivity index (χ1) is 14.7. The van der Waals surface area contributed by atoms with Crippen molar-refractivity contribution < 1.29 is 22.4 Å². The number of amides is 1. The van der Waals surface area contributed by atoms with Gasteiger partial charge in [0.25, 0.3) is 0 Å². The molecule has 0 saturated heterocycles. The Bertz CT molecular complexity index is 1090. The first-order valence-corrected chi connectivity index (χ1v) is 10.8. The highest BCUT2D eigenvalue weighted by molar-refractivity contribution is 7.13. The number of halogens is 4. The highest BCUT2D eigenvalue weighted by Crippen LogP contribution is 2.37. The van der Waals surface area contributed by atoms with E-state index in [1.165, 1.54) is 29.5 Å². The molecule has 4 rings (SSSR count). The van der Waals surface area contributed by atoms with Gasteiger partial charge < -0.3 is 4.90 Å². The number of thiazole rings is 1. The minimum Gasteiger partial charge on any atom is -0.333 e. The number of nitrogens with zero attached hydrogens (tertiary/aromatic N) is 2. The minimum absolute atomic E-state index is 0.0263. The number of carbonyl (C=O) groups excluding carboxylic acids is 1. The van der Waals surface area contributed by atoms with Crippen molar-refractivity contribution in [1.82, 2.24) is 9.88 Å². The maximum absolute atomic E-state index is 13.5. The van der Waals surface area contributed by atoms with E-state index in [4.69, 9.17) is 0 Å². The Labute approximate surface area is 181 Å². The summed E-state index contributed by atoms with van der Waals surface area (Å²) in [6.45, 7) is 1.75. The molecule has 1 atom stereocenters. The topological polar surface area (TPSA) is 33.2 Å². The molecule has 0 spiro atoms. The normalized spacial score (nSPS) is 15.0. The van der Waals surface area contributed by atoms with Crippen LogP contribution in [0.1, 0.15) is 42.6 Å². The lowest BCUT2D eigenvalue weighted by atomic mass is 10.0. The van der Waals surface area contributed by atoms with E-state index in [-0.39, 0.29) is 24.2 Å². The second-order valence-electron chi connectivity index (χ2n) is 7.66. The van der Waals surface area contributed by atoms with E-state index in [1.54, 1.807) is 35.4 Å². The van der Waals surface area contributed by atoms with Gasteiger partial charge in [-0.25, -0.2) is 9.37 Å². The van der Waals surface area contributed by atoms with Gasteiger partial charge in [0, 0.05) is 17.0 Å². The average Bonchev–Trinajstić information content (AvgIpc) is 3.44. The number of benzene rings is 2. The summed E-state index contributed by atoms with van der Waals surface area (Å²) in [7, 11) is 0. The van der Waals surface area contributed by atoms with Gasteiger partial charge >= 0.3 is 6.18 Å². The molecule has 1 fully saturated rings. The molecule has 0 aliphatic heterocycles. The van der Waals surface area contributed by atoms with E-state index < -0.39 is 17.8 Å². The lowest BCUT2D eigenvalue weighted by Gasteiger charge is -2.30. The van der Waals surface area contributed by atoms with Gasteiger partial charge in [0.2, 0.25) is 5.91 Å². The van der Waals surface area contributed by atoms with Crippen molar-refractivity contribution in [2.45, 2.75) is 44.4 Å². The second-order valence-corrected chi connectivity index (χ2v) is 8.52. The molecule has 1 aliphatic carbocycles. The third kappa shape index (κ3) is 4.95. The van der Waals surface area contributed by atoms with Crippen LogP contribution in [0.4, 0.5) is 17.6 Å². The van der Waals surface area contributed by atoms with Gasteiger partial charge in [0.05, 0.1) is 23.7 Å². The lowest BCUT2D eigenvalue weighted by Crippen LogP contribution is -2.36. The van der Waals surface area contributed by atoms with Gasteiger partial charge in [-0.15, -0.1) is 11.3 Å². The van der Waals surface area contributed by atoms with Crippen LogP contribution in [0, 0.1) is 5.82 Å². The minimum atomic E-state index is -4.43. The predicted octanol–water partition coefficient (Wildman–Crippen LogP) is 6.26. The van der Waals surface area contributed by atoms with Crippen molar-refractivity contribution in [3.8, 4) is 10.6 Å². The quantitative estimate of drug-likeness (QED) is 0.417. The zero-order valence-corrected chi connectivity index (χ0v) is 17.5. The van der Waals surface area contributed by atoms with E-state index >= 15 is 0 Å². The number of hydrogen-bond acceptors (Lipinski definition) is 3. The molecule has 0 bridgehead atoms. The van der Waals surface area contributed by atoms with Crippen molar-refractivity contribution >= 4 is 17.2 Å². The summed E-state index contributed by atoms with van der Waals surface area (Å²) >= 11 is 1.33. The smallest absolute Gasteiger partial charge is 0.333 e. The van der Waals surface area contributed by atoms with Gasteiger partial charge in [-0.3, -0.25) is 4.79 Å². The third-order valence-electron chi connectivity index (χ3n) is 5.30. The fourth-order valence-electron chi connectivity index (χ4n) is 3.61. The molecule has 162 valence electrons. The van der Waals surface area contributed by atoms with Crippen LogP contribution in [0.5, 0.6) is 0 Å². The summed E-state index contributed by atoms with van der Waals surface area (Å²) in [6.07, 6.45) is -2.72. The molecule has 2 aromatic carbocycles. The summed E-state index contributed by atoms with van der Waals surface area (Å²) in [5, 5.41) is 2.38. The highest BCUT2D eigenvalue weighted by Gasteiger charge is 2.37. The first-order valence-electron chi connectivity index (χ1n) is 9.91. The van der Waals surface area contributed by atoms with E-state index in [1.807, 2.05) is 0 Å².